The Labute approximate surface area is 98.8 Å². The Kier molecular flexibility index (Phi) is 2.83. The van der Waals surface area contributed by atoms with Gasteiger partial charge in [0, 0.05) is 16.8 Å². The molecule has 17 heavy (non-hydrogen) atoms. The average Bonchev–Trinajstić information content (AvgIpc) is 2.29. The minimum absolute atomic E-state index is 0.00162. The van der Waals surface area contributed by atoms with Crippen LogP contribution in [0.15, 0.2) is 49.0 Å². The smallest absolute Gasteiger partial charge is 0.131 e. The van der Waals surface area contributed by atoms with Crippen molar-refractivity contribution in [2.45, 2.75) is 0 Å². The number of phenolic OH excluding ortho intramolecular Hbond substituents is 1. The molecule has 0 radical (unpaired) electrons. The van der Waals surface area contributed by atoms with E-state index in [9.17, 15) is 9.50 Å². The number of phenols is 1. The van der Waals surface area contributed by atoms with Gasteiger partial charge in [-0.15, -0.1) is 0 Å². The number of rotatable bonds is 2. The SMILES string of the molecule is C=C(c1ccccc1F)c1c(N)cccc1O. The Morgan fingerprint density at radius 2 is 1.82 bits per heavy atom. The van der Waals surface area contributed by atoms with Crippen molar-refractivity contribution in [2.75, 3.05) is 5.73 Å². The van der Waals surface area contributed by atoms with E-state index < -0.39 is 0 Å². The van der Waals surface area contributed by atoms with Gasteiger partial charge in [0.2, 0.25) is 0 Å². The van der Waals surface area contributed by atoms with Crippen LogP contribution in [0.2, 0.25) is 0 Å². The van der Waals surface area contributed by atoms with Gasteiger partial charge in [0.05, 0.1) is 0 Å². The second kappa shape index (κ2) is 4.29. The number of hydrogen-bond donors (Lipinski definition) is 2. The summed E-state index contributed by atoms with van der Waals surface area (Å²) in [5.41, 5.74) is 7.22. The second-order valence-corrected chi connectivity index (χ2v) is 3.70. The van der Waals surface area contributed by atoms with Crippen molar-refractivity contribution in [3.8, 4) is 5.75 Å². The molecule has 0 unspecified atom stereocenters. The third-order valence-corrected chi connectivity index (χ3v) is 2.58. The number of anilines is 1. The third kappa shape index (κ3) is 1.99. The molecule has 2 aromatic carbocycles. The Morgan fingerprint density at radius 1 is 1.12 bits per heavy atom. The summed E-state index contributed by atoms with van der Waals surface area (Å²) in [6.07, 6.45) is 0. The largest absolute Gasteiger partial charge is 0.507 e. The second-order valence-electron chi connectivity index (χ2n) is 3.70. The average molecular weight is 229 g/mol. The van der Waals surface area contributed by atoms with Gasteiger partial charge in [0.25, 0.3) is 0 Å². The van der Waals surface area contributed by atoms with E-state index in [0.29, 0.717) is 22.4 Å². The summed E-state index contributed by atoms with van der Waals surface area (Å²) in [5, 5.41) is 9.75. The van der Waals surface area contributed by atoms with E-state index >= 15 is 0 Å². The van der Waals surface area contributed by atoms with Gasteiger partial charge in [0.1, 0.15) is 11.6 Å². The predicted octanol–water partition coefficient (Wildman–Crippen LogP) is 3.18. The fraction of sp³-hybridized carbons (Fsp3) is 0. The monoisotopic (exact) mass is 229 g/mol. The van der Waals surface area contributed by atoms with Crippen molar-refractivity contribution >= 4 is 11.3 Å². The van der Waals surface area contributed by atoms with E-state index in [-0.39, 0.29) is 11.6 Å². The molecule has 0 aliphatic carbocycles. The number of hydrogen-bond acceptors (Lipinski definition) is 2. The zero-order valence-corrected chi connectivity index (χ0v) is 9.15. The zero-order valence-electron chi connectivity index (χ0n) is 9.15. The van der Waals surface area contributed by atoms with E-state index in [1.165, 1.54) is 12.1 Å². The topological polar surface area (TPSA) is 46.2 Å². The van der Waals surface area contributed by atoms with Crippen molar-refractivity contribution in [2.24, 2.45) is 0 Å². The molecule has 0 aliphatic rings. The van der Waals surface area contributed by atoms with E-state index in [1.807, 2.05) is 0 Å². The van der Waals surface area contributed by atoms with Gasteiger partial charge >= 0.3 is 0 Å². The van der Waals surface area contributed by atoms with Crippen molar-refractivity contribution < 1.29 is 9.50 Å². The molecule has 2 rings (SSSR count). The zero-order chi connectivity index (χ0) is 12.4. The first kappa shape index (κ1) is 11.2. The molecule has 0 saturated heterocycles. The van der Waals surface area contributed by atoms with Crippen molar-refractivity contribution in [3.63, 3.8) is 0 Å². The van der Waals surface area contributed by atoms with Crippen LogP contribution in [0, 0.1) is 5.82 Å². The summed E-state index contributed by atoms with van der Waals surface area (Å²) in [6.45, 7) is 3.80. The number of nitrogen functional groups attached to an aromatic ring is 1. The molecule has 2 aromatic rings. The van der Waals surface area contributed by atoms with Gasteiger partial charge in [-0.1, -0.05) is 30.8 Å². The first-order valence-corrected chi connectivity index (χ1v) is 5.13. The van der Waals surface area contributed by atoms with E-state index in [4.69, 9.17) is 5.73 Å². The lowest BCUT2D eigenvalue weighted by Gasteiger charge is -2.11. The molecule has 0 atom stereocenters. The molecule has 0 saturated carbocycles. The van der Waals surface area contributed by atoms with Crippen LogP contribution in [-0.2, 0) is 0 Å². The highest BCUT2D eigenvalue weighted by molar-refractivity contribution is 5.87. The molecule has 3 heteroatoms. The number of aromatic hydroxyl groups is 1. The van der Waals surface area contributed by atoms with Crippen LogP contribution in [0.4, 0.5) is 10.1 Å². The third-order valence-electron chi connectivity index (χ3n) is 2.58. The summed E-state index contributed by atoms with van der Waals surface area (Å²) in [5.74, 6) is -0.390. The van der Waals surface area contributed by atoms with Gasteiger partial charge < -0.3 is 10.8 Å². The normalized spacial score (nSPS) is 10.2. The van der Waals surface area contributed by atoms with Crippen LogP contribution in [0.1, 0.15) is 11.1 Å². The van der Waals surface area contributed by atoms with Gasteiger partial charge in [-0.2, -0.15) is 0 Å². The van der Waals surface area contributed by atoms with Crippen LogP contribution in [0.3, 0.4) is 0 Å². The molecule has 0 aromatic heterocycles. The Hall–Kier alpha value is -2.29. The van der Waals surface area contributed by atoms with Crippen LogP contribution >= 0.6 is 0 Å². The Balaban J connectivity index is 2.56. The summed E-state index contributed by atoms with van der Waals surface area (Å²) in [6, 6.07) is 11.0. The predicted molar refractivity (Wildman–Crippen MR) is 67.1 cm³/mol. The molecule has 0 fully saturated rings. The summed E-state index contributed by atoms with van der Waals surface area (Å²) in [4.78, 5) is 0. The molecular formula is C14H12FNO. The van der Waals surface area contributed by atoms with Crippen LogP contribution in [-0.4, -0.2) is 5.11 Å². The molecule has 0 aliphatic heterocycles. The van der Waals surface area contributed by atoms with Gasteiger partial charge in [-0.05, 0) is 23.8 Å². The highest BCUT2D eigenvalue weighted by atomic mass is 19.1. The van der Waals surface area contributed by atoms with Crippen LogP contribution < -0.4 is 5.73 Å². The molecule has 0 spiro atoms. The van der Waals surface area contributed by atoms with E-state index in [0.717, 1.165) is 0 Å². The van der Waals surface area contributed by atoms with E-state index in [2.05, 4.69) is 6.58 Å². The number of benzene rings is 2. The fourth-order valence-electron chi connectivity index (χ4n) is 1.73. The van der Waals surface area contributed by atoms with Gasteiger partial charge in [0.15, 0.2) is 0 Å². The molecular weight excluding hydrogens is 217 g/mol. The molecule has 2 nitrogen and oxygen atoms in total. The van der Waals surface area contributed by atoms with Crippen molar-refractivity contribution in [1.82, 2.24) is 0 Å². The maximum absolute atomic E-state index is 13.6. The first-order chi connectivity index (χ1) is 8.11. The Bertz CT molecular complexity index is 558. The molecule has 3 N–H and O–H groups in total. The number of halogens is 1. The highest BCUT2D eigenvalue weighted by Gasteiger charge is 2.13. The number of nitrogens with two attached hydrogens (primary N) is 1. The maximum Gasteiger partial charge on any atom is 0.131 e. The summed E-state index contributed by atoms with van der Waals surface area (Å²) in [7, 11) is 0. The van der Waals surface area contributed by atoms with E-state index in [1.54, 1.807) is 30.3 Å². The molecule has 0 amide bonds. The van der Waals surface area contributed by atoms with Crippen LogP contribution in [0.25, 0.3) is 5.57 Å². The Morgan fingerprint density at radius 3 is 2.47 bits per heavy atom. The van der Waals surface area contributed by atoms with Crippen molar-refractivity contribution in [3.05, 3.63) is 66.0 Å². The summed E-state index contributed by atoms with van der Waals surface area (Å²) < 4.78 is 13.6. The quantitative estimate of drug-likeness (QED) is 0.777. The minimum Gasteiger partial charge on any atom is -0.507 e. The molecule has 0 heterocycles. The lowest BCUT2D eigenvalue weighted by molar-refractivity contribution is 0.474. The van der Waals surface area contributed by atoms with Crippen LogP contribution in [0.5, 0.6) is 5.75 Å². The maximum atomic E-state index is 13.6. The fourth-order valence-corrected chi connectivity index (χ4v) is 1.73. The summed E-state index contributed by atoms with van der Waals surface area (Å²) >= 11 is 0. The standard InChI is InChI=1S/C14H12FNO/c1-9(10-5-2-3-6-11(10)15)14-12(16)7-4-8-13(14)17/h2-8,17H,1,16H2. The van der Waals surface area contributed by atoms with Gasteiger partial charge in [-0.25, -0.2) is 4.39 Å². The lowest BCUT2D eigenvalue weighted by Crippen LogP contribution is -1.96. The molecule has 0 bridgehead atoms. The van der Waals surface area contributed by atoms with Gasteiger partial charge in [-0.3, -0.25) is 0 Å². The van der Waals surface area contributed by atoms with Crippen molar-refractivity contribution in [1.29, 1.82) is 0 Å². The minimum atomic E-state index is -0.389. The highest BCUT2D eigenvalue weighted by Crippen LogP contribution is 2.34. The molecule has 86 valence electrons. The first-order valence-electron chi connectivity index (χ1n) is 5.13. The lowest BCUT2D eigenvalue weighted by atomic mass is 9.97.